The Morgan fingerprint density at radius 2 is 2.19 bits per heavy atom. The molecule has 0 radical (unpaired) electrons. The summed E-state index contributed by atoms with van der Waals surface area (Å²) < 4.78 is 0. The summed E-state index contributed by atoms with van der Waals surface area (Å²) in [6.45, 7) is 6.99. The van der Waals surface area contributed by atoms with Crippen molar-refractivity contribution in [3.8, 4) is 0 Å². The molecule has 0 aliphatic rings. The van der Waals surface area contributed by atoms with Gasteiger partial charge in [0.1, 0.15) is 10.7 Å². The number of nitrogens with one attached hydrogen (secondary N) is 2. The fourth-order valence-electron chi connectivity index (χ4n) is 1.73. The number of rotatable bonds is 6. The molecule has 0 aliphatic heterocycles. The van der Waals surface area contributed by atoms with Gasteiger partial charge in [-0.05, 0) is 24.3 Å². The van der Waals surface area contributed by atoms with Crippen LogP contribution in [0.1, 0.15) is 41.4 Å². The minimum absolute atomic E-state index is 0.0360. The van der Waals surface area contributed by atoms with Crippen LogP contribution in [0.5, 0.6) is 0 Å². The predicted octanol–water partition coefficient (Wildman–Crippen LogP) is 3.35. The van der Waals surface area contributed by atoms with E-state index in [1.807, 2.05) is 24.4 Å². The highest BCUT2D eigenvalue weighted by Crippen LogP contribution is 2.26. The number of aromatic nitrogens is 1. The maximum absolute atomic E-state index is 12.3. The lowest BCUT2D eigenvalue weighted by atomic mass is 10.2. The summed E-state index contributed by atoms with van der Waals surface area (Å²) in [4.78, 5) is 18.1. The smallest absolute Gasteiger partial charge is 0.265 e. The van der Waals surface area contributed by atoms with Crippen LogP contribution in [0.4, 0.5) is 10.9 Å². The Kier molecular flexibility index (Phi) is 5.19. The van der Waals surface area contributed by atoms with Crippen molar-refractivity contribution >= 4 is 39.5 Å². The van der Waals surface area contributed by atoms with Crippen molar-refractivity contribution in [1.29, 1.82) is 0 Å². The molecule has 0 fully saturated rings. The molecular weight excluding hydrogens is 304 g/mol. The van der Waals surface area contributed by atoms with E-state index >= 15 is 0 Å². The predicted molar refractivity (Wildman–Crippen MR) is 90.1 cm³/mol. The summed E-state index contributed by atoms with van der Waals surface area (Å²) in [6.07, 6.45) is 0. The van der Waals surface area contributed by atoms with Crippen molar-refractivity contribution in [2.75, 3.05) is 17.6 Å². The van der Waals surface area contributed by atoms with E-state index in [9.17, 15) is 4.79 Å². The lowest BCUT2D eigenvalue weighted by molar-refractivity contribution is 0.0945. The zero-order valence-electron chi connectivity index (χ0n) is 12.3. The topological polar surface area (TPSA) is 80.0 Å². The van der Waals surface area contributed by atoms with Crippen LogP contribution in [-0.4, -0.2) is 17.4 Å². The quantitative estimate of drug-likeness (QED) is 0.761. The molecule has 21 heavy (non-hydrogen) atoms. The normalized spacial score (nSPS) is 12.4. The minimum atomic E-state index is -0.177. The van der Waals surface area contributed by atoms with Gasteiger partial charge in [-0.2, -0.15) is 0 Å². The SMILES string of the molecule is CC(C)CNc1nc(N)c(C(=O)NC(C)c2cccs2)s1. The molecule has 0 aliphatic carbocycles. The van der Waals surface area contributed by atoms with Crippen LogP contribution in [0, 0.1) is 5.92 Å². The van der Waals surface area contributed by atoms with E-state index in [-0.39, 0.29) is 17.8 Å². The van der Waals surface area contributed by atoms with E-state index in [4.69, 9.17) is 5.73 Å². The third-order valence-corrected chi connectivity index (χ3v) is 4.92. The van der Waals surface area contributed by atoms with Crippen molar-refractivity contribution in [2.45, 2.75) is 26.8 Å². The van der Waals surface area contributed by atoms with Gasteiger partial charge in [-0.25, -0.2) is 4.98 Å². The molecule has 7 heteroatoms. The molecule has 5 nitrogen and oxygen atoms in total. The highest BCUT2D eigenvalue weighted by atomic mass is 32.1. The van der Waals surface area contributed by atoms with Gasteiger partial charge in [0.05, 0.1) is 6.04 Å². The number of thiazole rings is 1. The van der Waals surface area contributed by atoms with Crippen LogP contribution in [-0.2, 0) is 0 Å². The first-order valence-electron chi connectivity index (χ1n) is 6.81. The lowest BCUT2D eigenvalue weighted by Gasteiger charge is -2.11. The Bertz CT molecular complexity index is 592. The second kappa shape index (κ2) is 6.91. The average molecular weight is 324 g/mol. The molecule has 0 saturated carbocycles. The number of carbonyl (C=O) groups excluding carboxylic acids is 1. The van der Waals surface area contributed by atoms with Crippen LogP contribution >= 0.6 is 22.7 Å². The minimum Gasteiger partial charge on any atom is -0.382 e. The Labute approximate surface area is 132 Å². The van der Waals surface area contributed by atoms with Crippen LogP contribution < -0.4 is 16.4 Å². The summed E-state index contributed by atoms with van der Waals surface area (Å²) in [5, 5.41) is 8.83. The number of nitrogen functional groups attached to an aromatic ring is 1. The molecule has 2 rings (SSSR count). The highest BCUT2D eigenvalue weighted by molar-refractivity contribution is 7.18. The molecule has 2 aromatic rings. The third kappa shape index (κ3) is 4.18. The Morgan fingerprint density at radius 1 is 1.43 bits per heavy atom. The number of thiophene rings is 1. The fraction of sp³-hybridized carbons (Fsp3) is 0.429. The molecule has 114 valence electrons. The van der Waals surface area contributed by atoms with Gasteiger partial charge < -0.3 is 16.4 Å². The van der Waals surface area contributed by atoms with E-state index in [1.54, 1.807) is 11.3 Å². The zero-order chi connectivity index (χ0) is 15.4. The van der Waals surface area contributed by atoms with Crippen molar-refractivity contribution < 1.29 is 4.79 Å². The number of amides is 1. The van der Waals surface area contributed by atoms with Crippen molar-refractivity contribution in [1.82, 2.24) is 10.3 Å². The van der Waals surface area contributed by atoms with Gasteiger partial charge in [-0.1, -0.05) is 31.3 Å². The molecule has 4 N–H and O–H groups in total. The molecule has 2 aromatic heterocycles. The van der Waals surface area contributed by atoms with Crippen LogP contribution in [0.2, 0.25) is 0 Å². The zero-order valence-corrected chi connectivity index (χ0v) is 14.0. The van der Waals surface area contributed by atoms with Gasteiger partial charge in [0.2, 0.25) is 0 Å². The first-order chi connectivity index (χ1) is 9.97. The molecule has 0 bridgehead atoms. The maximum Gasteiger partial charge on any atom is 0.265 e. The molecule has 0 saturated heterocycles. The fourth-order valence-corrected chi connectivity index (χ4v) is 3.26. The molecule has 1 amide bonds. The number of nitrogens with two attached hydrogens (primary N) is 1. The number of carbonyl (C=O) groups is 1. The molecule has 1 atom stereocenters. The Morgan fingerprint density at radius 3 is 2.81 bits per heavy atom. The number of anilines is 2. The van der Waals surface area contributed by atoms with E-state index in [2.05, 4.69) is 29.5 Å². The van der Waals surface area contributed by atoms with Gasteiger partial charge in [0.25, 0.3) is 5.91 Å². The van der Waals surface area contributed by atoms with E-state index < -0.39 is 0 Å². The van der Waals surface area contributed by atoms with Crippen LogP contribution in [0.25, 0.3) is 0 Å². The van der Waals surface area contributed by atoms with Crippen molar-refractivity contribution in [3.05, 3.63) is 27.3 Å². The van der Waals surface area contributed by atoms with Gasteiger partial charge in [0.15, 0.2) is 5.13 Å². The van der Waals surface area contributed by atoms with Gasteiger partial charge in [0, 0.05) is 11.4 Å². The first kappa shape index (κ1) is 15.8. The number of hydrogen-bond acceptors (Lipinski definition) is 6. The molecule has 1 unspecified atom stereocenters. The second-order valence-electron chi connectivity index (χ2n) is 5.22. The second-order valence-corrected chi connectivity index (χ2v) is 7.20. The molecule has 0 aromatic carbocycles. The van der Waals surface area contributed by atoms with Gasteiger partial charge >= 0.3 is 0 Å². The van der Waals surface area contributed by atoms with E-state index in [0.29, 0.717) is 15.9 Å². The molecule has 2 heterocycles. The maximum atomic E-state index is 12.3. The summed E-state index contributed by atoms with van der Waals surface area (Å²) in [5.41, 5.74) is 5.84. The third-order valence-electron chi connectivity index (χ3n) is 2.84. The number of hydrogen-bond donors (Lipinski definition) is 3. The highest BCUT2D eigenvalue weighted by Gasteiger charge is 2.19. The van der Waals surface area contributed by atoms with E-state index in [1.165, 1.54) is 11.3 Å². The van der Waals surface area contributed by atoms with Gasteiger partial charge in [-0.3, -0.25) is 4.79 Å². The van der Waals surface area contributed by atoms with Crippen LogP contribution in [0.15, 0.2) is 17.5 Å². The average Bonchev–Trinajstić information content (AvgIpc) is 3.05. The largest absolute Gasteiger partial charge is 0.382 e. The van der Waals surface area contributed by atoms with Gasteiger partial charge in [-0.15, -0.1) is 11.3 Å². The van der Waals surface area contributed by atoms with Crippen molar-refractivity contribution in [3.63, 3.8) is 0 Å². The first-order valence-corrected chi connectivity index (χ1v) is 8.51. The van der Waals surface area contributed by atoms with Crippen LogP contribution in [0.3, 0.4) is 0 Å². The summed E-state index contributed by atoms with van der Waals surface area (Å²) >= 11 is 2.91. The molecule has 0 spiro atoms. The lowest BCUT2D eigenvalue weighted by Crippen LogP contribution is -2.26. The monoisotopic (exact) mass is 324 g/mol. The molecular formula is C14H20N4OS2. The summed E-state index contributed by atoms with van der Waals surface area (Å²) in [7, 11) is 0. The standard InChI is InChI=1S/C14H20N4OS2/c1-8(2)7-16-14-18-12(15)11(21-14)13(19)17-9(3)10-5-4-6-20-10/h4-6,8-9H,7,15H2,1-3H3,(H,16,18)(H,17,19). The van der Waals surface area contributed by atoms with Crippen molar-refractivity contribution in [2.24, 2.45) is 5.92 Å². The Balaban J connectivity index is 2.02. The summed E-state index contributed by atoms with van der Waals surface area (Å²) in [5.74, 6) is 0.608. The number of nitrogens with zero attached hydrogens (tertiary/aromatic N) is 1. The van der Waals surface area contributed by atoms with E-state index in [0.717, 1.165) is 11.4 Å². The summed E-state index contributed by atoms with van der Waals surface area (Å²) in [6, 6.07) is 3.94. The Hall–Kier alpha value is -1.60.